The maximum atomic E-state index is 9.53. The standard InChI is InChI=1S/C38H22N2S2/c1-2-12-27-23(8-1)9-6-14-28(27)25-18-19-34-32(21-25)36-38(42-34)35(39-22-40-36)26-11-5-10-24(20-26)29-15-7-16-31-30-13-3-4-17-33(30)41-37(29)31/h1-22H/i1D,2D,3D,4D,5D,6D,7D,8D,9D,10D,11D,12D,13D,14D,15D,16D,17D,20D. The summed E-state index contributed by atoms with van der Waals surface area (Å²) in [5.41, 5.74) is -0.170. The SMILES string of the molecule is [2H]c1c([2H])c(-c2ncnc3c2sc2ccc(-c4c([2H])c([2H])c([2H])c5c([2H])c([2H])c([2H])c([2H])c45)cc23)c([2H])c(-c2c([2H])c([2H])c([2H])c3c2sc2c([2H])c([2H])c([2H])c([2H])c23)c1[2H]. The Kier molecular flexibility index (Phi) is 2.69. The highest BCUT2D eigenvalue weighted by atomic mass is 32.1. The maximum absolute atomic E-state index is 9.53. The Labute approximate surface area is 275 Å². The molecule has 0 spiro atoms. The summed E-state index contributed by atoms with van der Waals surface area (Å²) in [5, 5.41) is 0.0454. The molecule has 196 valence electrons. The molecule has 0 bridgehead atoms. The van der Waals surface area contributed by atoms with E-state index in [1.165, 1.54) is 6.33 Å². The van der Waals surface area contributed by atoms with Crippen molar-refractivity contribution < 1.29 is 24.7 Å². The first-order valence-electron chi connectivity index (χ1n) is 21.5. The van der Waals surface area contributed by atoms with E-state index < -0.39 is 109 Å². The molecule has 9 rings (SSSR count). The van der Waals surface area contributed by atoms with E-state index in [2.05, 4.69) is 9.97 Å². The summed E-state index contributed by atoms with van der Waals surface area (Å²) in [6.07, 6.45) is 1.17. The van der Waals surface area contributed by atoms with E-state index >= 15 is 0 Å². The van der Waals surface area contributed by atoms with Crippen molar-refractivity contribution in [3.05, 3.63) is 133 Å². The average Bonchev–Trinajstić information content (AvgIpc) is 3.82. The molecule has 3 heterocycles. The van der Waals surface area contributed by atoms with Gasteiger partial charge in [-0.1, -0.05) is 103 Å². The molecule has 0 aliphatic carbocycles. The monoisotopic (exact) mass is 588 g/mol. The first-order chi connectivity index (χ1) is 28.3. The highest BCUT2D eigenvalue weighted by molar-refractivity contribution is 7.26. The van der Waals surface area contributed by atoms with Crippen molar-refractivity contribution >= 4 is 73.9 Å². The minimum atomic E-state index is -0.644. The van der Waals surface area contributed by atoms with Crippen LogP contribution in [0, 0.1) is 0 Å². The molecule has 0 radical (unpaired) electrons. The van der Waals surface area contributed by atoms with Crippen molar-refractivity contribution in [3.8, 4) is 33.5 Å². The van der Waals surface area contributed by atoms with Gasteiger partial charge in [-0.15, -0.1) is 22.7 Å². The predicted octanol–water partition coefficient (Wildman–Crippen LogP) is 11.4. The number of nitrogens with zero attached hydrogens (tertiary/aromatic N) is 2. The summed E-state index contributed by atoms with van der Waals surface area (Å²) >= 11 is 1.97. The van der Waals surface area contributed by atoms with Crippen molar-refractivity contribution in [2.75, 3.05) is 0 Å². The number of fused-ring (bicyclic) bond motifs is 7. The Balaban J connectivity index is 1.33. The van der Waals surface area contributed by atoms with Crippen molar-refractivity contribution in [2.45, 2.75) is 0 Å². The third-order valence-corrected chi connectivity index (χ3v) is 9.19. The Bertz CT molecular complexity index is 3480. The molecule has 0 unspecified atom stereocenters. The second kappa shape index (κ2) is 9.31. The highest BCUT2D eigenvalue weighted by Gasteiger charge is 2.16. The molecule has 0 N–H and O–H groups in total. The number of rotatable bonds is 3. The zero-order valence-corrected chi connectivity index (χ0v) is 22.7. The zero-order chi connectivity index (χ0) is 43.3. The molecule has 4 heteroatoms. The number of benzene rings is 6. The molecule has 9 aromatic rings. The van der Waals surface area contributed by atoms with Crippen LogP contribution in [-0.4, -0.2) is 9.97 Å². The molecule has 2 nitrogen and oxygen atoms in total. The van der Waals surface area contributed by atoms with Gasteiger partial charge in [0.1, 0.15) is 6.33 Å². The fraction of sp³-hybridized carbons (Fsp3) is 0. The summed E-state index contributed by atoms with van der Waals surface area (Å²) in [5.74, 6) is 0. The van der Waals surface area contributed by atoms with Crippen LogP contribution in [0.15, 0.2) is 133 Å². The summed E-state index contributed by atoms with van der Waals surface area (Å²) in [6, 6.07) is -4.73. The Morgan fingerprint density at radius 1 is 0.524 bits per heavy atom. The summed E-state index contributed by atoms with van der Waals surface area (Å²) in [6.45, 7) is 0. The summed E-state index contributed by atoms with van der Waals surface area (Å²) < 4.78 is 157. The lowest BCUT2D eigenvalue weighted by atomic mass is 9.97. The van der Waals surface area contributed by atoms with Gasteiger partial charge in [0.05, 0.1) is 40.6 Å². The van der Waals surface area contributed by atoms with Gasteiger partial charge in [0.25, 0.3) is 0 Å². The first kappa shape index (κ1) is 12.1. The van der Waals surface area contributed by atoms with E-state index in [-0.39, 0.29) is 64.5 Å². The Morgan fingerprint density at radius 2 is 1.26 bits per heavy atom. The van der Waals surface area contributed by atoms with E-state index in [4.69, 9.17) is 23.3 Å². The lowest BCUT2D eigenvalue weighted by molar-refractivity contribution is 1.24. The largest absolute Gasteiger partial charge is 0.235 e. The predicted molar refractivity (Wildman–Crippen MR) is 182 cm³/mol. The molecular weight excluding hydrogens is 549 g/mol. The van der Waals surface area contributed by atoms with Gasteiger partial charge in [0, 0.05) is 35.8 Å². The molecule has 42 heavy (non-hydrogen) atoms. The molecule has 0 fully saturated rings. The number of hydrogen-bond donors (Lipinski definition) is 0. The Hall–Kier alpha value is -4.90. The van der Waals surface area contributed by atoms with Gasteiger partial charge in [-0.25, -0.2) is 9.97 Å². The molecule has 0 aliphatic rings. The lowest BCUT2D eigenvalue weighted by Crippen LogP contribution is -1.87. The van der Waals surface area contributed by atoms with Crippen LogP contribution in [0.25, 0.3) is 84.8 Å². The molecule has 0 saturated heterocycles. The highest BCUT2D eigenvalue weighted by Crippen LogP contribution is 2.43. The smallest absolute Gasteiger partial charge is 0.116 e. The molecule has 0 atom stereocenters. The van der Waals surface area contributed by atoms with E-state index in [1.54, 1.807) is 18.2 Å². The molecule has 0 aliphatic heterocycles. The second-order valence-electron chi connectivity index (χ2n) is 9.22. The molecule has 3 aromatic heterocycles. The summed E-state index contributed by atoms with van der Waals surface area (Å²) in [7, 11) is 0. The fourth-order valence-electron chi connectivity index (χ4n) is 5.03. The second-order valence-corrected chi connectivity index (χ2v) is 11.3. The molecular formula is C38H22N2S2. The molecule has 0 amide bonds. The van der Waals surface area contributed by atoms with Crippen molar-refractivity contribution in [1.29, 1.82) is 0 Å². The fourth-order valence-corrected chi connectivity index (χ4v) is 7.23. The van der Waals surface area contributed by atoms with Crippen LogP contribution in [0.1, 0.15) is 24.7 Å². The van der Waals surface area contributed by atoms with Gasteiger partial charge in [0.15, 0.2) is 0 Å². The minimum absolute atomic E-state index is 0.00382. The van der Waals surface area contributed by atoms with Crippen LogP contribution < -0.4 is 0 Å². The maximum Gasteiger partial charge on any atom is 0.116 e. The average molecular weight is 589 g/mol. The first-order valence-corrected chi connectivity index (χ1v) is 14.2. The number of aromatic nitrogens is 2. The number of thiophene rings is 2. The number of hydrogen-bond acceptors (Lipinski definition) is 4. The van der Waals surface area contributed by atoms with Crippen LogP contribution in [0.5, 0.6) is 0 Å². The van der Waals surface area contributed by atoms with Crippen LogP contribution in [-0.2, 0) is 0 Å². The van der Waals surface area contributed by atoms with E-state index in [0.717, 1.165) is 22.7 Å². The third-order valence-electron chi connectivity index (χ3n) is 6.90. The lowest BCUT2D eigenvalue weighted by Gasteiger charge is -2.08. The minimum Gasteiger partial charge on any atom is -0.235 e. The van der Waals surface area contributed by atoms with Crippen LogP contribution in [0.3, 0.4) is 0 Å². The zero-order valence-electron chi connectivity index (χ0n) is 39.0. The van der Waals surface area contributed by atoms with Gasteiger partial charge in [0.2, 0.25) is 0 Å². The Morgan fingerprint density at radius 3 is 2.24 bits per heavy atom. The van der Waals surface area contributed by atoms with Gasteiger partial charge in [-0.3, -0.25) is 0 Å². The third kappa shape index (κ3) is 3.63. The molecule has 6 aromatic carbocycles. The normalized spacial score (nSPS) is 17.8. The van der Waals surface area contributed by atoms with Gasteiger partial charge >= 0.3 is 0 Å². The van der Waals surface area contributed by atoms with Gasteiger partial charge < -0.3 is 0 Å². The van der Waals surface area contributed by atoms with E-state index in [1.807, 2.05) is 0 Å². The van der Waals surface area contributed by atoms with E-state index in [0.29, 0.717) is 20.3 Å². The summed E-state index contributed by atoms with van der Waals surface area (Å²) in [4.78, 5) is 8.93. The van der Waals surface area contributed by atoms with Crippen LogP contribution >= 0.6 is 22.7 Å². The van der Waals surface area contributed by atoms with Crippen molar-refractivity contribution in [2.24, 2.45) is 0 Å². The van der Waals surface area contributed by atoms with Gasteiger partial charge in [-0.2, -0.15) is 0 Å². The topological polar surface area (TPSA) is 25.8 Å². The van der Waals surface area contributed by atoms with Crippen LogP contribution in [0.4, 0.5) is 0 Å². The van der Waals surface area contributed by atoms with Crippen molar-refractivity contribution in [3.63, 3.8) is 0 Å². The molecule has 0 saturated carbocycles. The van der Waals surface area contributed by atoms with Crippen molar-refractivity contribution in [1.82, 2.24) is 9.97 Å². The van der Waals surface area contributed by atoms with Gasteiger partial charge in [-0.05, 0) is 57.2 Å². The quantitative estimate of drug-likeness (QED) is 0.205. The van der Waals surface area contributed by atoms with E-state index in [9.17, 15) is 1.37 Å². The van der Waals surface area contributed by atoms with Crippen LogP contribution in [0.2, 0.25) is 0 Å².